The summed E-state index contributed by atoms with van der Waals surface area (Å²) in [4.78, 5) is 42.9. The van der Waals surface area contributed by atoms with Gasteiger partial charge in [-0.25, -0.2) is 14.6 Å². The molecule has 0 unspecified atom stereocenters. The first-order valence-electron chi connectivity index (χ1n) is 11.7. The quantitative estimate of drug-likeness (QED) is 0.357. The van der Waals surface area contributed by atoms with E-state index in [1.54, 1.807) is 68.5 Å². The highest BCUT2D eigenvalue weighted by molar-refractivity contribution is 7.07. The van der Waals surface area contributed by atoms with Gasteiger partial charge in [-0.15, -0.1) is 0 Å². The summed E-state index contributed by atoms with van der Waals surface area (Å²) in [6.07, 6.45) is 1.61. The number of rotatable bonds is 6. The lowest BCUT2D eigenvalue weighted by atomic mass is 9.96. The molecule has 3 heterocycles. The number of thiazole rings is 1. The van der Waals surface area contributed by atoms with E-state index in [0.29, 0.717) is 42.7 Å². The highest BCUT2D eigenvalue weighted by atomic mass is 35.5. The molecule has 1 aliphatic heterocycles. The molecule has 0 aliphatic carbocycles. The molecule has 0 saturated carbocycles. The van der Waals surface area contributed by atoms with Gasteiger partial charge in [0.25, 0.3) is 5.56 Å². The number of carboxylic acids is 1. The average Bonchev–Trinajstić information content (AvgIpc) is 3.48. The molecule has 2 aromatic carbocycles. The maximum absolute atomic E-state index is 13.7. The van der Waals surface area contributed by atoms with Crippen molar-refractivity contribution < 1.29 is 23.8 Å². The third-order valence-electron chi connectivity index (χ3n) is 6.00. The Morgan fingerprint density at radius 2 is 1.95 bits per heavy atom. The molecule has 0 fully saturated rings. The van der Waals surface area contributed by atoms with Gasteiger partial charge in [-0.2, -0.15) is 0 Å². The van der Waals surface area contributed by atoms with Crippen LogP contribution in [0, 0.1) is 0 Å². The van der Waals surface area contributed by atoms with E-state index in [9.17, 15) is 19.5 Å². The SMILES string of the molecule is CCOC(=O)C1=C(C)N=c2s/c(=C\c3ccc(-c4cccc(C(=O)O)c4)o3)c(=O)n2[C@H]1c1ccc(Cl)cc1. The van der Waals surface area contributed by atoms with Crippen LogP contribution in [0.3, 0.4) is 0 Å². The minimum atomic E-state index is -1.03. The number of halogens is 1. The van der Waals surface area contributed by atoms with E-state index in [1.807, 2.05) is 0 Å². The number of furan rings is 1. The molecule has 0 spiro atoms. The summed E-state index contributed by atoms with van der Waals surface area (Å²) in [6, 6.07) is 16.0. The van der Waals surface area contributed by atoms with Crippen LogP contribution < -0.4 is 14.9 Å². The van der Waals surface area contributed by atoms with Crippen LogP contribution in [0.1, 0.15) is 41.6 Å². The normalized spacial score (nSPS) is 15.2. The lowest BCUT2D eigenvalue weighted by molar-refractivity contribution is -0.139. The highest BCUT2D eigenvalue weighted by Gasteiger charge is 2.33. The first-order valence-corrected chi connectivity index (χ1v) is 12.8. The van der Waals surface area contributed by atoms with Gasteiger partial charge in [0.1, 0.15) is 11.5 Å². The van der Waals surface area contributed by atoms with Crippen molar-refractivity contribution in [2.45, 2.75) is 19.9 Å². The molecule has 2 aromatic heterocycles. The summed E-state index contributed by atoms with van der Waals surface area (Å²) in [6.45, 7) is 3.62. The Bertz CT molecular complexity index is 1780. The number of esters is 1. The first kappa shape index (κ1) is 25.4. The molecule has 8 nitrogen and oxygen atoms in total. The lowest BCUT2D eigenvalue weighted by Crippen LogP contribution is -2.39. The number of aromatic carboxylic acids is 1. The Kier molecular flexibility index (Phi) is 6.88. The number of nitrogens with zero attached hydrogens (tertiary/aromatic N) is 2. The van der Waals surface area contributed by atoms with Crippen LogP contribution in [-0.4, -0.2) is 28.2 Å². The van der Waals surface area contributed by atoms with Crippen molar-refractivity contribution in [1.29, 1.82) is 0 Å². The summed E-state index contributed by atoms with van der Waals surface area (Å²) in [5.41, 5.74) is 1.85. The largest absolute Gasteiger partial charge is 0.478 e. The molecule has 1 atom stereocenters. The average molecular weight is 549 g/mol. The molecular formula is C28H21ClN2O6S. The van der Waals surface area contributed by atoms with Crippen LogP contribution in [0.5, 0.6) is 0 Å². The Balaban J connectivity index is 1.61. The Morgan fingerprint density at radius 3 is 2.66 bits per heavy atom. The first-order chi connectivity index (χ1) is 18.3. The van der Waals surface area contributed by atoms with Gasteiger partial charge in [-0.1, -0.05) is 47.2 Å². The molecule has 192 valence electrons. The maximum atomic E-state index is 13.7. The van der Waals surface area contributed by atoms with E-state index in [4.69, 9.17) is 20.8 Å². The number of ether oxygens (including phenoxy) is 1. The predicted octanol–water partition coefficient (Wildman–Crippen LogP) is 4.41. The predicted molar refractivity (Wildman–Crippen MR) is 143 cm³/mol. The second kappa shape index (κ2) is 10.3. The van der Waals surface area contributed by atoms with Gasteiger partial charge in [-0.05, 0) is 55.8 Å². The van der Waals surface area contributed by atoms with Gasteiger partial charge in [0, 0.05) is 16.7 Å². The molecule has 1 N–H and O–H groups in total. The van der Waals surface area contributed by atoms with Gasteiger partial charge < -0.3 is 14.3 Å². The van der Waals surface area contributed by atoms with Gasteiger partial charge in [-0.3, -0.25) is 9.36 Å². The highest BCUT2D eigenvalue weighted by Crippen LogP contribution is 2.31. The zero-order valence-electron chi connectivity index (χ0n) is 20.3. The van der Waals surface area contributed by atoms with E-state index in [0.717, 1.165) is 0 Å². The van der Waals surface area contributed by atoms with Crippen molar-refractivity contribution in [2.24, 2.45) is 4.99 Å². The smallest absolute Gasteiger partial charge is 0.338 e. The van der Waals surface area contributed by atoms with Crippen LogP contribution in [0.25, 0.3) is 17.4 Å². The van der Waals surface area contributed by atoms with Crippen LogP contribution in [-0.2, 0) is 9.53 Å². The molecule has 0 amide bonds. The zero-order valence-corrected chi connectivity index (χ0v) is 21.9. The summed E-state index contributed by atoms with van der Waals surface area (Å²) < 4.78 is 13.1. The fourth-order valence-corrected chi connectivity index (χ4v) is 5.42. The second-order valence-electron chi connectivity index (χ2n) is 8.44. The summed E-state index contributed by atoms with van der Waals surface area (Å²) in [5, 5.41) is 9.80. The maximum Gasteiger partial charge on any atom is 0.338 e. The zero-order chi connectivity index (χ0) is 27.0. The fraction of sp³-hybridized carbons (Fsp3) is 0.143. The number of carbonyl (C=O) groups is 2. The van der Waals surface area contributed by atoms with Gasteiger partial charge >= 0.3 is 11.9 Å². The molecule has 38 heavy (non-hydrogen) atoms. The standard InChI is InChI=1S/C28H21ClN2O6S/c1-3-36-27(35)23-15(2)30-28-31(24(23)16-7-9-19(29)10-8-16)25(32)22(38-28)14-20-11-12-21(37-20)17-5-4-6-18(13-17)26(33)34/h4-14,24H,3H2,1-2H3,(H,33,34)/b22-14-/t24-/m0/s1. The van der Waals surface area contributed by atoms with Crippen molar-refractivity contribution in [3.8, 4) is 11.3 Å². The van der Waals surface area contributed by atoms with Crippen LogP contribution in [0.4, 0.5) is 0 Å². The molecule has 0 radical (unpaired) electrons. The molecule has 5 rings (SSSR count). The van der Waals surface area contributed by atoms with Crippen LogP contribution >= 0.6 is 22.9 Å². The second-order valence-corrected chi connectivity index (χ2v) is 9.89. The molecule has 1 aliphatic rings. The van der Waals surface area contributed by atoms with E-state index < -0.39 is 18.0 Å². The number of aromatic nitrogens is 1. The monoisotopic (exact) mass is 548 g/mol. The van der Waals surface area contributed by atoms with E-state index in [1.165, 1.54) is 28.0 Å². The number of hydrogen-bond donors (Lipinski definition) is 1. The number of hydrogen-bond acceptors (Lipinski definition) is 7. The molecule has 0 saturated heterocycles. The van der Waals surface area contributed by atoms with E-state index in [-0.39, 0.29) is 23.3 Å². The summed E-state index contributed by atoms with van der Waals surface area (Å²) in [7, 11) is 0. The third-order valence-corrected chi connectivity index (χ3v) is 7.23. The number of benzene rings is 2. The van der Waals surface area contributed by atoms with Crippen molar-refractivity contribution in [1.82, 2.24) is 4.57 Å². The van der Waals surface area contributed by atoms with E-state index >= 15 is 0 Å². The summed E-state index contributed by atoms with van der Waals surface area (Å²) in [5.74, 6) is -0.698. The molecular weight excluding hydrogens is 528 g/mol. The van der Waals surface area contributed by atoms with Crippen molar-refractivity contribution in [3.05, 3.63) is 114 Å². The minimum absolute atomic E-state index is 0.142. The third kappa shape index (κ3) is 4.73. The van der Waals surface area contributed by atoms with Gasteiger partial charge in [0.2, 0.25) is 0 Å². The Hall–Kier alpha value is -4.21. The number of carbonyl (C=O) groups excluding carboxylic acids is 1. The lowest BCUT2D eigenvalue weighted by Gasteiger charge is -2.24. The van der Waals surface area contributed by atoms with Gasteiger partial charge in [0.15, 0.2) is 4.80 Å². The summed E-state index contributed by atoms with van der Waals surface area (Å²) >= 11 is 7.27. The molecule has 0 bridgehead atoms. The number of fused-ring (bicyclic) bond motifs is 1. The Morgan fingerprint density at radius 1 is 1.18 bits per heavy atom. The minimum Gasteiger partial charge on any atom is -0.478 e. The topological polar surface area (TPSA) is 111 Å². The van der Waals surface area contributed by atoms with Crippen LogP contribution in [0.2, 0.25) is 5.02 Å². The number of allylic oxidation sites excluding steroid dienone is 1. The van der Waals surface area contributed by atoms with Crippen molar-refractivity contribution in [3.63, 3.8) is 0 Å². The van der Waals surface area contributed by atoms with E-state index in [2.05, 4.69) is 4.99 Å². The van der Waals surface area contributed by atoms with Crippen LogP contribution in [0.15, 0.2) is 86.1 Å². The number of carboxylic acid groups (broad SMARTS) is 1. The van der Waals surface area contributed by atoms with Crippen molar-refractivity contribution >= 4 is 41.0 Å². The van der Waals surface area contributed by atoms with Gasteiger partial charge in [0.05, 0.1) is 34.0 Å². The molecule has 4 aromatic rings. The fourth-order valence-electron chi connectivity index (χ4n) is 4.27. The Labute approximate surface area is 225 Å². The van der Waals surface area contributed by atoms with Crippen molar-refractivity contribution in [2.75, 3.05) is 6.61 Å². The molecule has 10 heteroatoms.